The van der Waals surface area contributed by atoms with E-state index in [1.54, 1.807) is 17.3 Å². The van der Waals surface area contributed by atoms with Gasteiger partial charge >= 0.3 is 0 Å². The van der Waals surface area contributed by atoms with Crippen LogP contribution in [0.3, 0.4) is 0 Å². The smallest absolute Gasteiger partial charge is 0.274 e. The van der Waals surface area contributed by atoms with Gasteiger partial charge < -0.3 is 10.2 Å². The Morgan fingerprint density at radius 3 is 2.50 bits per heavy atom. The Morgan fingerprint density at radius 1 is 1.08 bits per heavy atom. The molecule has 0 aliphatic rings. The van der Waals surface area contributed by atoms with Crippen LogP contribution in [0.1, 0.15) is 49.2 Å². The highest BCUT2D eigenvalue weighted by Gasteiger charge is 2.16. The first-order valence-electron chi connectivity index (χ1n) is 8.63. The van der Waals surface area contributed by atoms with Crippen LogP contribution in [0.4, 0.5) is 5.82 Å². The molecule has 0 fully saturated rings. The average molecular weight is 326 g/mol. The number of aromatic nitrogens is 2. The van der Waals surface area contributed by atoms with Crippen molar-refractivity contribution >= 4 is 11.7 Å². The molecule has 0 atom stereocenters. The molecule has 1 N–H and O–H groups in total. The van der Waals surface area contributed by atoms with Crippen molar-refractivity contribution in [3.8, 4) is 0 Å². The number of rotatable bonds is 9. The summed E-state index contributed by atoms with van der Waals surface area (Å²) >= 11 is 0. The van der Waals surface area contributed by atoms with E-state index in [2.05, 4.69) is 22.2 Å². The molecule has 2 aromatic rings. The fourth-order valence-corrected chi connectivity index (χ4v) is 2.41. The zero-order chi connectivity index (χ0) is 17.2. The van der Waals surface area contributed by atoms with E-state index in [1.807, 2.05) is 37.3 Å². The van der Waals surface area contributed by atoms with E-state index in [1.165, 1.54) is 12.8 Å². The van der Waals surface area contributed by atoms with Crippen LogP contribution in [0, 0.1) is 0 Å². The summed E-state index contributed by atoms with van der Waals surface area (Å²) < 4.78 is 0. The number of amides is 1. The summed E-state index contributed by atoms with van der Waals surface area (Å²) in [6.07, 6.45) is 6.68. The monoisotopic (exact) mass is 326 g/mol. The third-order valence-corrected chi connectivity index (χ3v) is 3.84. The van der Waals surface area contributed by atoms with Crippen molar-refractivity contribution < 1.29 is 4.79 Å². The quantitative estimate of drug-likeness (QED) is 0.713. The van der Waals surface area contributed by atoms with Gasteiger partial charge in [0.25, 0.3) is 5.91 Å². The van der Waals surface area contributed by atoms with Gasteiger partial charge in [-0.05, 0) is 18.9 Å². The summed E-state index contributed by atoms with van der Waals surface area (Å²) in [5.41, 5.74) is 1.49. The summed E-state index contributed by atoms with van der Waals surface area (Å²) in [6.45, 7) is 6.24. The van der Waals surface area contributed by atoms with Gasteiger partial charge in [0.2, 0.25) is 0 Å². The maximum absolute atomic E-state index is 12.6. The van der Waals surface area contributed by atoms with Crippen molar-refractivity contribution in [3.63, 3.8) is 0 Å². The van der Waals surface area contributed by atoms with Gasteiger partial charge in [0.1, 0.15) is 11.5 Å². The maximum Gasteiger partial charge on any atom is 0.274 e. The SMILES string of the molecule is CCCCCNc1cnc(C(=O)N(CC)Cc2ccccc2)cn1. The minimum absolute atomic E-state index is 0.0913. The lowest BCUT2D eigenvalue weighted by atomic mass is 10.2. The molecule has 1 heterocycles. The van der Waals surface area contributed by atoms with Gasteiger partial charge in [-0.3, -0.25) is 4.79 Å². The number of anilines is 1. The van der Waals surface area contributed by atoms with Crippen LogP contribution in [0.25, 0.3) is 0 Å². The number of carbonyl (C=O) groups is 1. The number of carbonyl (C=O) groups excluding carboxylic acids is 1. The normalized spacial score (nSPS) is 10.4. The van der Waals surface area contributed by atoms with Crippen molar-refractivity contribution in [3.05, 3.63) is 54.0 Å². The Labute approximate surface area is 144 Å². The lowest BCUT2D eigenvalue weighted by Crippen LogP contribution is -2.31. The van der Waals surface area contributed by atoms with Gasteiger partial charge in [-0.1, -0.05) is 50.1 Å². The van der Waals surface area contributed by atoms with E-state index < -0.39 is 0 Å². The van der Waals surface area contributed by atoms with Crippen molar-refractivity contribution in [1.82, 2.24) is 14.9 Å². The predicted molar refractivity (Wildman–Crippen MR) is 96.9 cm³/mol. The summed E-state index contributed by atoms with van der Waals surface area (Å²) in [4.78, 5) is 22.9. The van der Waals surface area contributed by atoms with Crippen molar-refractivity contribution in [1.29, 1.82) is 0 Å². The minimum atomic E-state index is -0.0913. The lowest BCUT2D eigenvalue weighted by molar-refractivity contribution is 0.0746. The number of nitrogens with one attached hydrogen (secondary N) is 1. The van der Waals surface area contributed by atoms with E-state index in [-0.39, 0.29) is 5.91 Å². The zero-order valence-corrected chi connectivity index (χ0v) is 14.5. The molecule has 0 saturated carbocycles. The molecule has 24 heavy (non-hydrogen) atoms. The number of hydrogen-bond acceptors (Lipinski definition) is 4. The molecule has 128 valence electrons. The Kier molecular flexibility index (Phi) is 7.21. The van der Waals surface area contributed by atoms with Gasteiger partial charge in [-0.25, -0.2) is 9.97 Å². The summed E-state index contributed by atoms with van der Waals surface area (Å²) in [5, 5.41) is 3.23. The van der Waals surface area contributed by atoms with Crippen LogP contribution >= 0.6 is 0 Å². The zero-order valence-electron chi connectivity index (χ0n) is 14.5. The molecule has 1 aromatic carbocycles. The minimum Gasteiger partial charge on any atom is -0.369 e. The standard InChI is InChI=1S/C19H26N4O/c1-3-5-9-12-20-18-14-21-17(13-22-18)19(24)23(4-2)15-16-10-7-6-8-11-16/h6-8,10-11,13-14H,3-5,9,12,15H2,1-2H3,(H,20,22). The molecule has 0 bridgehead atoms. The van der Waals surface area contributed by atoms with Crippen molar-refractivity contribution in [2.75, 3.05) is 18.4 Å². The molecule has 5 nitrogen and oxygen atoms in total. The second-order valence-corrected chi connectivity index (χ2v) is 5.73. The third-order valence-electron chi connectivity index (χ3n) is 3.84. The molecule has 0 spiro atoms. The second-order valence-electron chi connectivity index (χ2n) is 5.73. The van der Waals surface area contributed by atoms with Gasteiger partial charge in [0.05, 0.1) is 12.4 Å². The van der Waals surface area contributed by atoms with E-state index in [0.717, 1.165) is 18.5 Å². The molecule has 0 aliphatic heterocycles. The highest BCUT2D eigenvalue weighted by atomic mass is 16.2. The van der Waals surface area contributed by atoms with Crippen LogP contribution in [0.15, 0.2) is 42.7 Å². The van der Waals surface area contributed by atoms with Gasteiger partial charge in [-0.2, -0.15) is 0 Å². The number of benzene rings is 1. The highest BCUT2D eigenvalue weighted by Crippen LogP contribution is 2.09. The molecular formula is C19H26N4O. The molecule has 0 aliphatic carbocycles. The van der Waals surface area contributed by atoms with E-state index in [9.17, 15) is 4.79 Å². The van der Waals surface area contributed by atoms with Gasteiger partial charge in [0.15, 0.2) is 0 Å². The van der Waals surface area contributed by atoms with E-state index in [0.29, 0.717) is 24.6 Å². The molecule has 1 amide bonds. The Morgan fingerprint density at radius 2 is 1.88 bits per heavy atom. The van der Waals surface area contributed by atoms with Crippen LogP contribution in [0.2, 0.25) is 0 Å². The summed E-state index contributed by atoms with van der Waals surface area (Å²) in [7, 11) is 0. The Bertz CT molecular complexity index is 613. The molecule has 5 heteroatoms. The lowest BCUT2D eigenvalue weighted by Gasteiger charge is -2.20. The predicted octanol–water partition coefficient (Wildman–Crippen LogP) is 3.74. The second kappa shape index (κ2) is 9.65. The first-order chi connectivity index (χ1) is 11.7. The first kappa shape index (κ1) is 17.9. The molecule has 0 radical (unpaired) electrons. The Hall–Kier alpha value is -2.43. The fraction of sp³-hybridized carbons (Fsp3) is 0.421. The van der Waals surface area contributed by atoms with E-state index in [4.69, 9.17) is 0 Å². The molecule has 1 aromatic heterocycles. The largest absolute Gasteiger partial charge is 0.369 e. The van der Waals surface area contributed by atoms with E-state index >= 15 is 0 Å². The molecular weight excluding hydrogens is 300 g/mol. The van der Waals surface area contributed by atoms with Gasteiger partial charge in [-0.15, -0.1) is 0 Å². The average Bonchev–Trinajstić information content (AvgIpc) is 2.64. The fourth-order valence-electron chi connectivity index (χ4n) is 2.41. The van der Waals surface area contributed by atoms with Crippen LogP contribution < -0.4 is 5.32 Å². The van der Waals surface area contributed by atoms with Crippen LogP contribution in [-0.4, -0.2) is 33.9 Å². The van der Waals surface area contributed by atoms with Gasteiger partial charge in [0, 0.05) is 19.6 Å². The Balaban J connectivity index is 1.94. The van der Waals surface area contributed by atoms with Crippen LogP contribution in [0.5, 0.6) is 0 Å². The number of hydrogen-bond donors (Lipinski definition) is 1. The topological polar surface area (TPSA) is 58.1 Å². The summed E-state index contributed by atoms with van der Waals surface area (Å²) in [5.74, 6) is 0.625. The number of nitrogens with zero attached hydrogens (tertiary/aromatic N) is 3. The van der Waals surface area contributed by atoms with Crippen molar-refractivity contribution in [2.24, 2.45) is 0 Å². The highest BCUT2D eigenvalue weighted by molar-refractivity contribution is 5.92. The molecule has 2 rings (SSSR count). The first-order valence-corrected chi connectivity index (χ1v) is 8.63. The number of unbranched alkanes of at least 4 members (excludes halogenated alkanes) is 2. The van der Waals surface area contributed by atoms with Crippen molar-refractivity contribution in [2.45, 2.75) is 39.7 Å². The van der Waals surface area contributed by atoms with Crippen LogP contribution in [-0.2, 0) is 6.54 Å². The molecule has 0 saturated heterocycles. The maximum atomic E-state index is 12.6. The molecule has 0 unspecified atom stereocenters. The summed E-state index contributed by atoms with van der Waals surface area (Å²) in [6, 6.07) is 9.97. The third kappa shape index (κ3) is 5.33.